The van der Waals surface area contributed by atoms with E-state index in [1.807, 2.05) is 20.8 Å². The van der Waals surface area contributed by atoms with Gasteiger partial charge >= 0.3 is 5.97 Å². The lowest BCUT2D eigenvalue weighted by atomic mass is 9.95. The van der Waals surface area contributed by atoms with Crippen LogP contribution in [0.2, 0.25) is 0 Å². The van der Waals surface area contributed by atoms with Crippen molar-refractivity contribution in [1.82, 2.24) is 4.90 Å². The maximum absolute atomic E-state index is 11.6. The van der Waals surface area contributed by atoms with E-state index in [4.69, 9.17) is 9.84 Å². The second-order valence-electron chi connectivity index (χ2n) is 5.37. The summed E-state index contributed by atoms with van der Waals surface area (Å²) in [5.74, 6) is -0.952. The molecule has 1 unspecified atom stereocenters. The van der Waals surface area contributed by atoms with Gasteiger partial charge in [-0.3, -0.25) is 9.59 Å². The number of carboxylic acid groups (broad SMARTS) is 1. The number of carbonyl (C=O) groups excluding carboxylic acids is 1. The summed E-state index contributed by atoms with van der Waals surface area (Å²) < 4.78 is 5.17. The summed E-state index contributed by atoms with van der Waals surface area (Å²) in [6.07, 6.45) is -0.425. The fraction of sp³-hybridized carbons (Fsp3) is 0.818. The number of hydrogen-bond acceptors (Lipinski definition) is 3. The summed E-state index contributed by atoms with van der Waals surface area (Å²) >= 11 is 0. The Balaban J connectivity index is 2.55. The fourth-order valence-electron chi connectivity index (χ4n) is 1.72. The average molecular weight is 229 g/mol. The standard InChI is InChI=1S/C11H19NO4/c1-11(2,3)7-12-5-8(4-10(14)15)16-6-9(12)13/h8H,4-7H2,1-3H3,(H,14,15). The van der Waals surface area contributed by atoms with E-state index in [1.54, 1.807) is 4.90 Å². The van der Waals surface area contributed by atoms with Crippen molar-refractivity contribution < 1.29 is 19.4 Å². The molecule has 1 atom stereocenters. The van der Waals surface area contributed by atoms with Crippen LogP contribution in [0.15, 0.2) is 0 Å². The van der Waals surface area contributed by atoms with Gasteiger partial charge in [0, 0.05) is 13.1 Å². The van der Waals surface area contributed by atoms with Gasteiger partial charge in [0.25, 0.3) is 0 Å². The van der Waals surface area contributed by atoms with Crippen LogP contribution < -0.4 is 0 Å². The van der Waals surface area contributed by atoms with Crippen molar-refractivity contribution in [3.8, 4) is 0 Å². The first-order valence-electron chi connectivity index (χ1n) is 5.39. The van der Waals surface area contributed by atoms with Gasteiger partial charge in [0.05, 0.1) is 12.5 Å². The van der Waals surface area contributed by atoms with E-state index in [-0.39, 0.29) is 30.5 Å². The molecule has 0 saturated carbocycles. The van der Waals surface area contributed by atoms with Crippen molar-refractivity contribution in [2.24, 2.45) is 5.41 Å². The van der Waals surface area contributed by atoms with E-state index in [2.05, 4.69) is 0 Å². The minimum atomic E-state index is -0.893. The Labute approximate surface area is 95.4 Å². The van der Waals surface area contributed by atoms with Crippen molar-refractivity contribution >= 4 is 11.9 Å². The molecule has 1 heterocycles. The molecule has 1 aliphatic heterocycles. The van der Waals surface area contributed by atoms with E-state index < -0.39 is 5.97 Å². The summed E-state index contributed by atoms with van der Waals surface area (Å²) in [5.41, 5.74) is 0.0147. The van der Waals surface area contributed by atoms with Crippen LogP contribution in [0.5, 0.6) is 0 Å². The maximum atomic E-state index is 11.6. The molecule has 0 aromatic carbocycles. The Morgan fingerprint density at radius 1 is 1.56 bits per heavy atom. The molecule has 0 aromatic rings. The zero-order valence-corrected chi connectivity index (χ0v) is 10.0. The van der Waals surface area contributed by atoms with Crippen molar-refractivity contribution in [3.63, 3.8) is 0 Å². The molecular weight excluding hydrogens is 210 g/mol. The molecule has 1 saturated heterocycles. The van der Waals surface area contributed by atoms with Gasteiger partial charge in [0.2, 0.25) is 5.91 Å². The molecular formula is C11H19NO4. The Morgan fingerprint density at radius 3 is 2.69 bits per heavy atom. The fourth-order valence-corrected chi connectivity index (χ4v) is 1.72. The van der Waals surface area contributed by atoms with Crippen LogP contribution in [-0.2, 0) is 14.3 Å². The highest BCUT2D eigenvalue weighted by Crippen LogP contribution is 2.18. The van der Waals surface area contributed by atoms with Crippen LogP contribution in [0.25, 0.3) is 0 Å². The quantitative estimate of drug-likeness (QED) is 0.775. The molecule has 1 aliphatic rings. The van der Waals surface area contributed by atoms with Gasteiger partial charge in [-0.2, -0.15) is 0 Å². The summed E-state index contributed by atoms with van der Waals surface area (Å²) in [6, 6.07) is 0. The molecule has 0 spiro atoms. The second-order valence-corrected chi connectivity index (χ2v) is 5.37. The van der Waals surface area contributed by atoms with Gasteiger partial charge < -0.3 is 14.7 Å². The Bertz CT molecular complexity index is 282. The van der Waals surface area contributed by atoms with Crippen LogP contribution in [-0.4, -0.2) is 47.7 Å². The number of rotatable bonds is 3. The lowest BCUT2D eigenvalue weighted by Gasteiger charge is -2.36. The van der Waals surface area contributed by atoms with Crippen LogP contribution in [0, 0.1) is 5.41 Å². The van der Waals surface area contributed by atoms with Crippen molar-refractivity contribution in [2.45, 2.75) is 33.3 Å². The largest absolute Gasteiger partial charge is 0.481 e. The number of nitrogens with zero attached hydrogens (tertiary/aromatic N) is 1. The SMILES string of the molecule is CC(C)(C)CN1CC(CC(=O)O)OCC1=O. The molecule has 0 radical (unpaired) electrons. The molecule has 5 heteroatoms. The second kappa shape index (κ2) is 4.82. The molecule has 0 aromatic heterocycles. The zero-order valence-electron chi connectivity index (χ0n) is 10.0. The van der Waals surface area contributed by atoms with E-state index in [0.717, 1.165) is 0 Å². The minimum absolute atomic E-state index is 0.00593. The molecule has 1 rings (SSSR count). The number of aliphatic carboxylic acids is 1. The zero-order chi connectivity index (χ0) is 12.3. The number of amides is 1. The van der Waals surface area contributed by atoms with Crippen LogP contribution in [0.4, 0.5) is 0 Å². The highest BCUT2D eigenvalue weighted by atomic mass is 16.5. The maximum Gasteiger partial charge on any atom is 0.306 e. The van der Waals surface area contributed by atoms with Crippen molar-refractivity contribution in [3.05, 3.63) is 0 Å². The number of hydrogen-bond donors (Lipinski definition) is 1. The van der Waals surface area contributed by atoms with Gasteiger partial charge in [-0.25, -0.2) is 0 Å². The molecule has 0 bridgehead atoms. The molecule has 1 fully saturated rings. The molecule has 5 nitrogen and oxygen atoms in total. The monoisotopic (exact) mass is 229 g/mol. The summed E-state index contributed by atoms with van der Waals surface area (Å²) in [5, 5.41) is 8.67. The Hall–Kier alpha value is -1.10. The van der Waals surface area contributed by atoms with Crippen LogP contribution in [0.3, 0.4) is 0 Å². The van der Waals surface area contributed by atoms with E-state index in [9.17, 15) is 9.59 Å². The highest BCUT2D eigenvalue weighted by molar-refractivity contribution is 5.78. The Kier molecular flexibility index (Phi) is 3.91. The smallest absolute Gasteiger partial charge is 0.306 e. The molecule has 1 N–H and O–H groups in total. The van der Waals surface area contributed by atoms with Crippen molar-refractivity contribution in [2.75, 3.05) is 19.7 Å². The summed E-state index contributed by atoms with van der Waals surface area (Å²) in [4.78, 5) is 23.8. The van der Waals surface area contributed by atoms with E-state index in [0.29, 0.717) is 13.1 Å². The first kappa shape index (κ1) is 13.0. The highest BCUT2D eigenvalue weighted by Gasteiger charge is 2.30. The summed E-state index contributed by atoms with van der Waals surface area (Å²) in [6.45, 7) is 7.13. The number of morpholine rings is 1. The lowest BCUT2D eigenvalue weighted by molar-refractivity contribution is -0.156. The van der Waals surface area contributed by atoms with Crippen molar-refractivity contribution in [1.29, 1.82) is 0 Å². The normalized spacial score (nSPS) is 22.3. The third kappa shape index (κ3) is 4.18. The van der Waals surface area contributed by atoms with Gasteiger partial charge in [0.1, 0.15) is 6.61 Å². The first-order chi connectivity index (χ1) is 7.28. The minimum Gasteiger partial charge on any atom is -0.481 e. The number of carbonyl (C=O) groups is 2. The molecule has 92 valence electrons. The lowest BCUT2D eigenvalue weighted by Crippen LogP contribution is -2.49. The number of carboxylic acids is 1. The van der Waals surface area contributed by atoms with Gasteiger partial charge in [-0.15, -0.1) is 0 Å². The third-order valence-corrected chi connectivity index (χ3v) is 2.29. The van der Waals surface area contributed by atoms with E-state index in [1.165, 1.54) is 0 Å². The van der Waals surface area contributed by atoms with Gasteiger partial charge in [0.15, 0.2) is 0 Å². The third-order valence-electron chi connectivity index (χ3n) is 2.29. The van der Waals surface area contributed by atoms with E-state index >= 15 is 0 Å². The molecule has 16 heavy (non-hydrogen) atoms. The summed E-state index contributed by atoms with van der Waals surface area (Å²) in [7, 11) is 0. The molecule has 0 aliphatic carbocycles. The average Bonchev–Trinajstić information content (AvgIpc) is 2.07. The van der Waals surface area contributed by atoms with Crippen LogP contribution >= 0.6 is 0 Å². The Morgan fingerprint density at radius 2 is 2.19 bits per heavy atom. The predicted octanol–water partition coefficient (Wildman–Crippen LogP) is 0.735. The topological polar surface area (TPSA) is 66.8 Å². The predicted molar refractivity (Wildman–Crippen MR) is 58.0 cm³/mol. The number of ether oxygens (including phenoxy) is 1. The van der Waals surface area contributed by atoms with Crippen LogP contribution in [0.1, 0.15) is 27.2 Å². The van der Waals surface area contributed by atoms with Gasteiger partial charge in [-0.05, 0) is 5.41 Å². The first-order valence-corrected chi connectivity index (χ1v) is 5.39. The van der Waals surface area contributed by atoms with Gasteiger partial charge in [-0.1, -0.05) is 20.8 Å². The molecule has 1 amide bonds.